The molecule has 0 spiro atoms. The number of hydrogen-bond acceptors (Lipinski definition) is 2. The first-order valence-electron chi connectivity index (χ1n) is 5.79. The fourth-order valence-electron chi connectivity index (χ4n) is 1.57. The molecule has 0 saturated carbocycles. The van der Waals surface area contributed by atoms with Crippen molar-refractivity contribution in [3.05, 3.63) is 62.8 Å². The van der Waals surface area contributed by atoms with E-state index in [1.54, 1.807) is 24.3 Å². The molecule has 2 rings (SSSR count). The van der Waals surface area contributed by atoms with Crippen LogP contribution in [0.25, 0.3) is 6.08 Å². The molecule has 0 bridgehead atoms. The molecule has 2 aromatic rings. The van der Waals surface area contributed by atoms with Crippen molar-refractivity contribution in [2.75, 3.05) is 0 Å². The van der Waals surface area contributed by atoms with Crippen LogP contribution in [0.15, 0.2) is 51.4 Å². The smallest absolute Gasteiger partial charge is 0.328 e. The van der Waals surface area contributed by atoms with E-state index in [1.807, 2.05) is 0 Å². The lowest BCUT2D eigenvalue weighted by Gasteiger charge is -2.10. The molecular weight excluding hydrogens is 407 g/mol. The molecule has 0 unspecified atom stereocenters. The molecule has 0 heterocycles. The fourth-order valence-corrected chi connectivity index (χ4v) is 2.25. The highest BCUT2D eigenvalue weighted by atomic mass is 79.9. The first kappa shape index (κ1) is 15.7. The van der Waals surface area contributed by atoms with Gasteiger partial charge in [-0.05, 0) is 36.4 Å². The Bertz CT molecular complexity index is 714. The van der Waals surface area contributed by atoms with Crippen molar-refractivity contribution in [2.45, 2.75) is 0 Å². The van der Waals surface area contributed by atoms with Crippen LogP contribution in [0.2, 0.25) is 0 Å². The van der Waals surface area contributed by atoms with Crippen molar-refractivity contribution in [1.82, 2.24) is 0 Å². The summed E-state index contributed by atoms with van der Waals surface area (Å²) < 4.78 is 20.7. The van der Waals surface area contributed by atoms with Gasteiger partial charge in [0.1, 0.15) is 5.75 Å². The van der Waals surface area contributed by atoms with E-state index in [-0.39, 0.29) is 5.75 Å². The van der Waals surface area contributed by atoms with Gasteiger partial charge in [-0.2, -0.15) is 0 Å². The molecule has 0 aliphatic heterocycles. The SMILES string of the molecule is O=C(O)/C=C/c1ccc(Br)cc1Oc1ccc(Br)cc1F. The molecule has 0 atom stereocenters. The van der Waals surface area contributed by atoms with Crippen LogP contribution in [0.4, 0.5) is 4.39 Å². The van der Waals surface area contributed by atoms with E-state index >= 15 is 0 Å². The van der Waals surface area contributed by atoms with Gasteiger partial charge in [-0.3, -0.25) is 0 Å². The Kier molecular flexibility index (Phi) is 5.14. The summed E-state index contributed by atoms with van der Waals surface area (Å²) in [7, 11) is 0. The van der Waals surface area contributed by atoms with Gasteiger partial charge in [0.05, 0.1) is 0 Å². The van der Waals surface area contributed by atoms with Gasteiger partial charge in [0.15, 0.2) is 11.6 Å². The summed E-state index contributed by atoms with van der Waals surface area (Å²) in [5.41, 5.74) is 0.530. The number of carboxylic acid groups (broad SMARTS) is 1. The molecule has 0 aliphatic carbocycles. The summed E-state index contributed by atoms with van der Waals surface area (Å²) in [6.45, 7) is 0. The van der Waals surface area contributed by atoms with E-state index in [0.29, 0.717) is 15.8 Å². The molecule has 0 amide bonds. The van der Waals surface area contributed by atoms with E-state index < -0.39 is 11.8 Å². The van der Waals surface area contributed by atoms with Crippen LogP contribution in [0.5, 0.6) is 11.5 Å². The first-order chi connectivity index (χ1) is 9.95. The number of aliphatic carboxylic acids is 1. The molecule has 108 valence electrons. The number of ether oxygens (including phenoxy) is 1. The summed E-state index contributed by atoms with van der Waals surface area (Å²) in [6.07, 6.45) is 2.38. The number of rotatable bonds is 4. The van der Waals surface area contributed by atoms with Gasteiger partial charge < -0.3 is 9.84 Å². The Hall–Kier alpha value is -1.66. The molecule has 21 heavy (non-hydrogen) atoms. The number of benzene rings is 2. The number of carboxylic acids is 1. The van der Waals surface area contributed by atoms with Gasteiger partial charge in [-0.25, -0.2) is 9.18 Å². The van der Waals surface area contributed by atoms with Gasteiger partial charge in [-0.1, -0.05) is 37.9 Å². The molecule has 0 radical (unpaired) electrons. The van der Waals surface area contributed by atoms with Crippen LogP contribution < -0.4 is 4.74 Å². The van der Waals surface area contributed by atoms with Crippen molar-refractivity contribution in [2.24, 2.45) is 0 Å². The van der Waals surface area contributed by atoms with Gasteiger partial charge in [-0.15, -0.1) is 0 Å². The van der Waals surface area contributed by atoms with E-state index in [1.165, 1.54) is 18.2 Å². The lowest BCUT2D eigenvalue weighted by molar-refractivity contribution is -0.131. The van der Waals surface area contributed by atoms with Gasteiger partial charge >= 0.3 is 5.97 Å². The summed E-state index contributed by atoms with van der Waals surface area (Å²) >= 11 is 6.47. The second kappa shape index (κ2) is 6.87. The molecule has 3 nitrogen and oxygen atoms in total. The summed E-state index contributed by atoms with van der Waals surface area (Å²) in [6, 6.07) is 9.50. The van der Waals surface area contributed by atoms with Crippen LogP contribution >= 0.6 is 31.9 Å². The molecule has 0 saturated heterocycles. The van der Waals surface area contributed by atoms with Gasteiger partial charge in [0.2, 0.25) is 0 Å². The van der Waals surface area contributed by atoms with Crippen LogP contribution in [-0.4, -0.2) is 11.1 Å². The molecule has 0 aromatic heterocycles. The maximum absolute atomic E-state index is 13.8. The van der Waals surface area contributed by atoms with Crippen molar-refractivity contribution in [3.8, 4) is 11.5 Å². The van der Waals surface area contributed by atoms with Crippen molar-refractivity contribution in [1.29, 1.82) is 0 Å². The largest absolute Gasteiger partial charge is 0.478 e. The zero-order valence-corrected chi connectivity index (χ0v) is 13.7. The van der Waals surface area contributed by atoms with E-state index in [0.717, 1.165) is 10.5 Å². The molecule has 6 heteroatoms. The van der Waals surface area contributed by atoms with Gasteiger partial charge in [0.25, 0.3) is 0 Å². The van der Waals surface area contributed by atoms with Crippen molar-refractivity contribution < 1.29 is 19.0 Å². The molecule has 0 fully saturated rings. The number of halogens is 3. The fraction of sp³-hybridized carbons (Fsp3) is 0. The predicted octanol–water partition coefficient (Wildman–Crippen LogP) is 5.24. The van der Waals surface area contributed by atoms with Crippen LogP contribution in [0, 0.1) is 5.82 Å². The quantitative estimate of drug-likeness (QED) is 0.694. The molecular formula is C15H9Br2FO3. The Balaban J connectivity index is 2.38. The number of hydrogen-bond donors (Lipinski definition) is 1. The summed E-state index contributed by atoms with van der Waals surface area (Å²) in [5, 5.41) is 8.68. The van der Waals surface area contributed by atoms with Crippen LogP contribution in [-0.2, 0) is 4.79 Å². The Morgan fingerprint density at radius 3 is 2.43 bits per heavy atom. The minimum atomic E-state index is -1.07. The maximum atomic E-state index is 13.8. The third-order valence-electron chi connectivity index (χ3n) is 2.49. The van der Waals surface area contributed by atoms with E-state index in [9.17, 15) is 9.18 Å². The monoisotopic (exact) mass is 414 g/mol. The zero-order chi connectivity index (χ0) is 15.4. The van der Waals surface area contributed by atoms with Gasteiger partial charge in [0, 0.05) is 20.6 Å². The zero-order valence-electron chi connectivity index (χ0n) is 10.5. The summed E-state index contributed by atoms with van der Waals surface area (Å²) in [5.74, 6) is -1.18. The number of carbonyl (C=O) groups is 1. The Labute approximate surface area is 137 Å². The minimum Gasteiger partial charge on any atom is -0.478 e. The first-order valence-corrected chi connectivity index (χ1v) is 7.38. The van der Waals surface area contributed by atoms with Crippen molar-refractivity contribution in [3.63, 3.8) is 0 Å². The van der Waals surface area contributed by atoms with Crippen molar-refractivity contribution >= 4 is 43.9 Å². The minimum absolute atomic E-state index is 0.0567. The Morgan fingerprint density at radius 2 is 1.76 bits per heavy atom. The topological polar surface area (TPSA) is 46.5 Å². The third kappa shape index (κ3) is 4.41. The second-order valence-electron chi connectivity index (χ2n) is 4.03. The second-order valence-corrected chi connectivity index (χ2v) is 5.86. The van der Waals surface area contributed by atoms with E-state index in [2.05, 4.69) is 31.9 Å². The van der Waals surface area contributed by atoms with Crippen LogP contribution in [0.3, 0.4) is 0 Å². The molecule has 1 N–H and O–H groups in total. The summed E-state index contributed by atoms with van der Waals surface area (Å²) in [4.78, 5) is 10.6. The third-order valence-corrected chi connectivity index (χ3v) is 3.48. The lowest BCUT2D eigenvalue weighted by atomic mass is 10.2. The van der Waals surface area contributed by atoms with Crippen LogP contribution in [0.1, 0.15) is 5.56 Å². The predicted molar refractivity (Wildman–Crippen MR) is 85.0 cm³/mol. The lowest BCUT2D eigenvalue weighted by Crippen LogP contribution is -1.92. The highest BCUT2D eigenvalue weighted by Crippen LogP contribution is 2.32. The highest BCUT2D eigenvalue weighted by Gasteiger charge is 2.09. The Morgan fingerprint density at radius 1 is 1.10 bits per heavy atom. The molecule has 2 aromatic carbocycles. The van der Waals surface area contributed by atoms with E-state index in [4.69, 9.17) is 9.84 Å². The standard InChI is InChI=1S/C15H9Br2FO3/c16-10-4-5-13(12(18)7-10)21-14-8-11(17)3-1-9(14)2-6-15(19)20/h1-8H,(H,19,20)/b6-2+. The average molecular weight is 416 g/mol. The average Bonchev–Trinajstić information content (AvgIpc) is 2.41. The highest BCUT2D eigenvalue weighted by molar-refractivity contribution is 9.10. The maximum Gasteiger partial charge on any atom is 0.328 e. The normalized spacial score (nSPS) is 10.8. The molecule has 0 aliphatic rings.